The third-order valence-electron chi connectivity index (χ3n) is 3.95. The quantitative estimate of drug-likeness (QED) is 0.921. The molecular weight excluding hydrogens is 312 g/mol. The highest BCUT2D eigenvalue weighted by Gasteiger charge is 2.32. The van der Waals surface area contributed by atoms with E-state index >= 15 is 0 Å². The van der Waals surface area contributed by atoms with Crippen LogP contribution in [0.3, 0.4) is 0 Å². The summed E-state index contributed by atoms with van der Waals surface area (Å²) in [6.07, 6.45) is 0.915. The Morgan fingerprint density at radius 3 is 2.62 bits per heavy atom. The number of carbonyl (C=O) groups is 1. The average Bonchev–Trinajstić information content (AvgIpc) is 2.86. The number of benzene rings is 1. The number of amides is 1. The molecule has 2 rings (SSSR count). The Kier molecular flexibility index (Phi) is 4.60. The van der Waals surface area contributed by atoms with Crippen LogP contribution in [-0.2, 0) is 10.0 Å². The molecule has 5 nitrogen and oxygen atoms in total. The van der Waals surface area contributed by atoms with Crippen molar-refractivity contribution in [3.63, 3.8) is 0 Å². The molecule has 116 valence electrons. The highest BCUT2D eigenvalue weighted by atomic mass is 35.5. The molecule has 21 heavy (non-hydrogen) atoms. The summed E-state index contributed by atoms with van der Waals surface area (Å²) in [5.74, 6) is 0.536. The van der Waals surface area contributed by atoms with Crippen LogP contribution in [0, 0.1) is 11.8 Å². The number of hydrogen-bond donors (Lipinski definition) is 1. The fraction of sp³-hybridized carbons (Fsp3) is 0.500. The number of nitrogens with zero attached hydrogens (tertiary/aromatic N) is 1. The first-order valence-electron chi connectivity index (χ1n) is 6.82. The van der Waals surface area contributed by atoms with Gasteiger partial charge >= 0.3 is 0 Å². The van der Waals surface area contributed by atoms with Crippen molar-refractivity contribution in [3.8, 4) is 0 Å². The Labute approximate surface area is 130 Å². The second kappa shape index (κ2) is 5.94. The first-order chi connectivity index (χ1) is 9.71. The fourth-order valence-electron chi connectivity index (χ4n) is 2.62. The lowest BCUT2D eigenvalue weighted by Crippen LogP contribution is -2.31. The monoisotopic (exact) mass is 330 g/mol. The molecule has 1 aliphatic rings. The molecule has 1 amide bonds. The average molecular weight is 331 g/mol. The van der Waals surface area contributed by atoms with Gasteiger partial charge in [-0.1, -0.05) is 31.5 Å². The van der Waals surface area contributed by atoms with Crippen LogP contribution in [0.5, 0.6) is 0 Å². The Morgan fingerprint density at radius 2 is 2.10 bits per heavy atom. The second-order valence-electron chi connectivity index (χ2n) is 5.70. The minimum absolute atomic E-state index is 0.0222. The fourth-order valence-corrected chi connectivity index (χ4v) is 3.68. The van der Waals surface area contributed by atoms with Crippen LogP contribution in [0.15, 0.2) is 23.1 Å². The molecule has 1 aromatic rings. The lowest BCUT2D eigenvalue weighted by Gasteiger charge is -2.20. The van der Waals surface area contributed by atoms with Crippen LogP contribution in [0.25, 0.3) is 0 Å². The topological polar surface area (TPSA) is 80.5 Å². The van der Waals surface area contributed by atoms with Gasteiger partial charge in [0, 0.05) is 13.1 Å². The molecular formula is C14H19ClN2O3S. The van der Waals surface area contributed by atoms with E-state index in [1.54, 1.807) is 4.90 Å². The maximum atomic E-state index is 12.6. The molecule has 1 aliphatic heterocycles. The highest BCUT2D eigenvalue weighted by molar-refractivity contribution is 7.89. The largest absolute Gasteiger partial charge is 0.338 e. The molecule has 1 fully saturated rings. The predicted molar refractivity (Wildman–Crippen MR) is 81.7 cm³/mol. The van der Waals surface area contributed by atoms with Crippen molar-refractivity contribution in [1.29, 1.82) is 0 Å². The Morgan fingerprint density at radius 1 is 1.43 bits per heavy atom. The molecule has 0 aromatic heterocycles. The summed E-state index contributed by atoms with van der Waals surface area (Å²) < 4.78 is 23.3. The van der Waals surface area contributed by atoms with Crippen molar-refractivity contribution >= 4 is 27.5 Å². The van der Waals surface area contributed by atoms with E-state index < -0.39 is 10.0 Å². The van der Waals surface area contributed by atoms with E-state index in [4.69, 9.17) is 16.7 Å². The van der Waals surface area contributed by atoms with Gasteiger partial charge in [-0.3, -0.25) is 4.79 Å². The molecule has 1 aromatic carbocycles. The van der Waals surface area contributed by atoms with Gasteiger partial charge in [-0.25, -0.2) is 13.6 Å². The number of carbonyl (C=O) groups excluding carboxylic acids is 1. The van der Waals surface area contributed by atoms with E-state index in [1.165, 1.54) is 18.2 Å². The zero-order chi connectivity index (χ0) is 15.8. The maximum Gasteiger partial charge on any atom is 0.256 e. The first kappa shape index (κ1) is 16.3. The van der Waals surface area contributed by atoms with Crippen LogP contribution >= 0.6 is 11.6 Å². The van der Waals surface area contributed by atoms with Gasteiger partial charge in [-0.05, 0) is 30.4 Å². The highest BCUT2D eigenvalue weighted by Crippen LogP contribution is 2.29. The summed E-state index contributed by atoms with van der Waals surface area (Å²) in [6, 6.07) is 4.28. The Hall–Kier alpha value is -1.11. The number of sulfonamides is 1. The Bertz CT molecular complexity index is 658. The van der Waals surface area contributed by atoms with Crippen molar-refractivity contribution in [2.45, 2.75) is 25.2 Å². The summed E-state index contributed by atoms with van der Waals surface area (Å²) in [5.41, 5.74) is -0.0222. The van der Waals surface area contributed by atoms with Crippen LogP contribution in [0.1, 0.15) is 30.6 Å². The van der Waals surface area contributed by atoms with Gasteiger partial charge in [-0.15, -0.1) is 0 Å². The normalized spacial score (nSPS) is 19.3. The lowest BCUT2D eigenvalue weighted by atomic mass is 9.95. The minimum atomic E-state index is -3.99. The van der Waals surface area contributed by atoms with Gasteiger partial charge in [0.15, 0.2) is 0 Å². The molecule has 7 heteroatoms. The van der Waals surface area contributed by atoms with Crippen molar-refractivity contribution < 1.29 is 13.2 Å². The minimum Gasteiger partial charge on any atom is -0.338 e. The SMILES string of the molecule is CC(C)C1CCN(C(=O)c2c(Cl)cccc2S(N)(=O)=O)C1. The van der Waals surface area contributed by atoms with Crippen LogP contribution in [0.2, 0.25) is 5.02 Å². The van der Waals surface area contributed by atoms with Gasteiger partial charge < -0.3 is 4.90 Å². The van der Waals surface area contributed by atoms with Crippen molar-refractivity contribution in [2.75, 3.05) is 13.1 Å². The zero-order valence-electron chi connectivity index (χ0n) is 12.0. The number of likely N-dealkylation sites (tertiary alicyclic amines) is 1. The zero-order valence-corrected chi connectivity index (χ0v) is 13.6. The molecule has 0 spiro atoms. The van der Waals surface area contributed by atoms with Gasteiger partial charge in [0.1, 0.15) is 0 Å². The van der Waals surface area contributed by atoms with E-state index in [1.807, 2.05) is 0 Å². The van der Waals surface area contributed by atoms with Gasteiger partial charge in [0.25, 0.3) is 5.91 Å². The van der Waals surface area contributed by atoms with Crippen molar-refractivity contribution in [3.05, 3.63) is 28.8 Å². The third kappa shape index (κ3) is 3.39. The Balaban J connectivity index is 2.37. The molecule has 1 saturated heterocycles. The summed E-state index contributed by atoms with van der Waals surface area (Å²) in [7, 11) is -3.99. The third-order valence-corrected chi connectivity index (χ3v) is 5.22. The summed E-state index contributed by atoms with van der Waals surface area (Å²) >= 11 is 6.04. The van der Waals surface area contributed by atoms with E-state index in [9.17, 15) is 13.2 Å². The molecule has 2 N–H and O–H groups in total. The van der Waals surface area contributed by atoms with E-state index in [0.29, 0.717) is 24.9 Å². The first-order valence-corrected chi connectivity index (χ1v) is 8.75. The van der Waals surface area contributed by atoms with Gasteiger partial charge in [0.2, 0.25) is 10.0 Å². The number of nitrogens with two attached hydrogens (primary N) is 1. The molecule has 0 aliphatic carbocycles. The van der Waals surface area contributed by atoms with Crippen molar-refractivity contribution in [2.24, 2.45) is 17.0 Å². The molecule has 1 heterocycles. The van der Waals surface area contributed by atoms with E-state index in [-0.39, 0.29) is 21.4 Å². The summed E-state index contributed by atoms with van der Waals surface area (Å²) in [4.78, 5) is 14.1. The van der Waals surface area contributed by atoms with Gasteiger partial charge in [-0.2, -0.15) is 0 Å². The standard InChI is InChI=1S/C14H19ClN2O3S/c1-9(2)10-6-7-17(8-10)14(18)13-11(15)4-3-5-12(13)21(16,19)20/h3-5,9-10H,6-8H2,1-2H3,(H2,16,19,20). The van der Waals surface area contributed by atoms with Crippen molar-refractivity contribution in [1.82, 2.24) is 4.90 Å². The summed E-state index contributed by atoms with van der Waals surface area (Å²) in [5, 5.41) is 5.29. The number of hydrogen-bond acceptors (Lipinski definition) is 3. The molecule has 1 atom stereocenters. The summed E-state index contributed by atoms with van der Waals surface area (Å²) in [6.45, 7) is 5.45. The second-order valence-corrected chi connectivity index (χ2v) is 7.64. The van der Waals surface area contributed by atoms with Crippen LogP contribution in [-0.4, -0.2) is 32.3 Å². The van der Waals surface area contributed by atoms with E-state index in [2.05, 4.69) is 13.8 Å². The molecule has 0 radical (unpaired) electrons. The number of primary sulfonamides is 1. The van der Waals surface area contributed by atoms with Crippen LogP contribution < -0.4 is 5.14 Å². The smallest absolute Gasteiger partial charge is 0.256 e. The van der Waals surface area contributed by atoms with Crippen LogP contribution in [0.4, 0.5) is 0 Å². The lowest BCUT2D eigenvalue weighted by molar-refractivity contribution is 0.0780. The maximum absolute atomic E-state index is 12.6. The number of halogens is 1. The van der Waals surface area contributed by atoms with E-state index in [0.717, 1.165) is 6.42 Å². The van der Waals surface area contributed by atoms with Gasteiger partial charge in [0.05, 0.1) is 15.5 Å². The molecule has 1 unspecified atom stereocenters. The molecule has 0 saturated carbocycles. The predicted octanol–water partition coefficient (Wildman–Crippen LogP) is 2.11. The number of rotatable bonds is 3. The molecule has 0 bridgehead atoms.